The SMILES string of the molecule is CN1CCN(Cc2nc(-c3ccoc3)no2)c2ccccc21. The standard InChI is InChI=1S/C16H16N4O2/c1-19-7-8-20(14-5-3-2-4-13(14)19)10-15-17-16(18-22-15)12-6-9-21-11-12/h2-6,9,11H,7-8,10H2,1H3. The second kappa shape index (κ2) is 5.22. The third-order valence-corrected chi connectivity index (χ3v) is 3.91. The molecule has 6 heteroatoms. The summed E-state index contributed by atoms with van der Waals surface area (Å²) < 4.78 is 10.4. The lowest BCUT2D eigenvalue weighted by atomic mass is 10.2. The molecule has 0 N–H and O–H groups in total. The van der Waals surface area contributed by atoms with Gasteiger partial charge in [0, 0.05) is 20.1 Å². The van der Waals surface area contributed by atoms with Gasteiger partial charge in [0.25, 0.3) is 0 Å². The van der Waals surface area contributed by atoms with E-state index in [9.17, 15) is 0 Å². The van der Waals surface area contributed by atoms with Gasteiger partial charge in [0.1, 0.15) is 6.26 Å². The minimum Gasteiger partial charge on any atom is -0.472 e. The first-order valence-electron chi connectivity index (χ1n) is 7.21. The molecule has 0 atom stereocenters. The number of likely N-dealkylation sites (N-methyl/N-ethyl adjacent to an activating group) is 1. The van der Waals surface area contributed by atoms with Crippen LogP contribution in [0.15, 0.2) is 51.8 Å². The van der Waals surface area contributed by atoms with Crippen LogP contribution in [0.1, 0.15) is 5.89 Å². The molecule has 1 aromatic carbocycles. The number of para-hydroxylation sites is 2. The number of hydrogen-bond donors (Lipinski definition) is 0. The summed E-state index contributed by atoms with van der Waals surface area (Å²) in [6, 6.07) is 10.2. The first-order valence-corrected chi connectivity index (χ1v) is 7.21. The van der Waals surface area contributed by atoms with Crippen LogP contribution < -0.4 is 9.80 Å². The van der Waals surface area contributed by atoms with Crippen molar-refractivity contribution in [1.82, 2.24) is 10.1 Å². The smallest absolute Gasteiger partial charge is 0.246 e. The molecule has 0 radical (unpaired) electrons. The molecular formula is C16H16N4O2. The average Bonchev–Trinajstić information content (AvgIpc) is 3.21. The van der Waals surface area contributed by atoms with Crippen LogP contribution in [0, 0.1) is 0 Å². The van der Waals surface area contributed by atoms with Gasteiger partial charge >= 0.3 is 0 Å². The molecule has 0 saturated heterocycles. The number of rotatable bonds is 3. The molecule has 112 valence electrons. The molecule has 4 rings (SSSR count). The number of furan rings is 1. The molecule has 1 aliphatic rings. The van der Waals surface area contributed by atoms with Crippen molar-refractivity contribution in [3.05, 3.63) is 48.7 Å². The fraction of sp³-hybridized carbons (Fsp3) is 0.250. The third kappa shape index (κ3) is 2.22. The maximum atomic E-state index is 5.38. The molecule has 1 aliphatic heterocycles. The van der Waals surface area contributed by atoms with Gasteiger partial charge in [-0.15, -0.1) is 0 Å². The molecule has 0 bridgehead atoms. The lowest BCUT2D eigenvalue weighted by Crippen LogP contribution is -2.38. The van der Waals surface area contributed by atoms with E-state index < -0.39 is 0 Å². The van der Waals surface area contributed by atoms with Crippen molar-refractivity contribution in [2.75, 3.05) is 29.9 Å². The van der Waals surface area contributed by atoms with E-state index in [0.717, 1.165) is 18.7 Å². The molecule has 0 unspecified atom stereocenters. The highest BCUT2D eigenvalue weighted by atomic mass is 16.5. The van der Waals surface area contributed by atoms with E-state index in [1.54, 1.807) is 12.5 Å². The fourth-order valence-corrected chi connectivity index (χ4v) is 2.72. The monoisotopic (exact) mass is 296 g/mol. The van der Waals surface area contributed by atoms with Gasteiger partial charge < -0.3 is 18.7 Å². The molecular weight excluding hydrogens is 280 g/mol. The summed E-state index contributed by atoms with van der Waals surface area (Å²) in [5.41, 5.74) is 3.25. The van der Waals surface area contributed by atoms with E-state index in [4.69, 9.17) is 8.94 Å². The number of aromatic nitrogens is 2. The maximum Gasteiger partial charge on any atom is 0.246 e. The number of nitrogens with zero attached hydrogens (tertiary/aromatic N) is 4. The Morgan fingerprint density at radius 3 is 2.82 bits per heavy atom. The predicted octanol–water partition coefficient (Wildman–Crippen LogP) is 2.79. The van der Waals surface area contributed by atoms with Gasteiger partial charge in [-0.25, -0.2) is 0 Å². The second-order valence-corrected chi connectivity index (χ2v) is 5.36. The first-order chi connectivity index (χ1) is 10.8. The Bertz CT molecular complexity index is 766. The topological polar surface area (TPSA) is 58.5 Å². The van der Waals surface area contributed by atoms with Crippen LogP contribution >= 0.6 is 0 Å². The van der Waals surface area contributed by atoms with Crippen molar-refractivity contribution >= 4 is 11.4 Å². The van der Waals surface area contributed by atoms with E-state index in [1.807, 2.05) is 6.07 Å². The number of fused-ring (bicyclic) bond motifs is 1. The summed E-state index contributed by atoms with van der Waals surface area (Å²) in [6.07, 6.45) is 3.21. The lowest BCUT2D eigenvalue weighted by molar-refractivity contribution is 0.376. The van der Waals surface area contributed by atoms with Crippen molar-refractivity contribution in [3.8, 4) is 11.4 Å². The summed E-state index contributed by atoms with van der Waals surface area (Å²) >= 11 is 0. The van der Waals surface area contributed by atoms with Crippen LogP contribution in [-0.4, -0.2) is 30.3 Å². The second-order valence-electron chi connectivity index (χ2n) is 5.36. The van der Waals surface area contributed by atoms with Crippen LogP contribution in [0.25, 0.3) is 11.4 Å². The van der Waals surface area contributed by atoms with Crippen molar-refractivity contribution in [2.24, 2.45) is 0 Å². The summed E-state index contributed by atoms with van der Waals surface area (Å²) in [4.78, 5) is 8.97. The highest BCUT2D eigenvalue weighted by Crippen LogP contribution is 2.32. The Morgan fingerprint density at radius 2 is 2.00 bits per heavy atom. The zero-order valence-corrected chi connectivity index (χ0v) is 12.3. The lowest BCUT2D eigenvalue weighted by Gasteiger charge is -2.36. The van der Waals surface area contributed by atoms with Gasteiger partial charge in [-0.3, -0.25) is 0 Å². The van der Waals surface area contributed by atoms with Crippen LogP contribution in [0.2, 0.25) is 0 Å². The summed E-state index contributed by atoms with van der Waals surface area (Å²) in [5.74, 6) is 1.17. The van der Waals surface area contributed by atoms with Gasteiger partial charge in [0.15, 0.2) is 0 Å². The molecule has 0 aliphatic carbocycles. The van der Waals surface area contributed by atoms with Gasteiger partial charge in [-0.2, -0.15) is 4.98 Å². The van der Waals surface area contributed by atoms with Crippen LogP contribution in [-0.2, 0) is 6.54 Å². The third-order valence-electron chi connectivity index (χ3n) is 3.91. The predicted molar refractivity (Wildman–Crippen MR) is 82.8 cm³/mol. The molecule has 2 aromatic heterocycles. The molecule has 0 fully saturated rings. The van der Waals surface area contributed by atoms with Crippen molar-refractivity contribution in [2.45, 2.75) is 6.54 Å². The molecule has 0 amide bonds. The van der Waals surface area contributed by atoms with Crippen molar-refractivity contribution in [3.63, 3.8) is 0 Å². The fourth-order valence-electron chi connectivity index (χ4n) is 2.72. The minimum atomic E-state index is 0.561. The Kier molecular flexibility index (Phi) is 3.07. The minimum absolute atomic E-state index is 0.561. The average molecular weight is 296 g/mol. The zero-order valence-electron chi connectivity index (χ0n) is 12.3. The highest BCUT2D eigenvalue weighted by Gasteiger charge is 2.22. The summed E-state index contributed by atoms with van der Waals surface area (Å²) in [5, 5.41) is 4.01. The van der Waals surface area contributed by atoms with E-state index in [0.29, 0.717) is 18.3 Å². The van der Waals surface area contributed by atoms with E-state index >= 15 is 0 Å². The molecule has 3 heterocycles. The quantitative estimate of drug-likeness (QED) is 0.740. The molecule has 3 aromatic rings. The summed E-state index contributed by atoms with van der Waals surface area (Å²) in [6.45, 7) is 2.51. The normalized spacial score (nSPS) is 14.2. The van der Waals surface area contributed by atoms with Crippen LogP contribution in [0.5, 0.6) is 0 Å². The van der Waals surface area contributed by atoms with E-state index in [2.05, 4.69) is 51.3 Å². The largest absolute Gasteiger partial charge is 0.472 e. The number of hydrogen-bond acceptors (Lipinski definition) is 6. The van der Waals surface area contributed by atoms with Gasteiger partial charge in [0.05, 0.1) is 29.7 Å². The number of benzene rings is 1. The van der Waals surface area contributed by atoms with E-state index in [1.165, 1.54) is 11.4 Å². The van der Waals surface area contributed by atoms with Crippen molar-refractivity contribution in [1.29, 1.82) is 0 Å². The maximum absolute atomic E-state index is 5.38. The highest BCUT2D eigenvalue weighted by molar-refractivity contribution is 5.73. The first kappa shape index (κ1) is 12.9. The number of anilines is 2. The Morgan fingerprint density at radius 1 is 1.14 bits per heavy atom. The van der Waals surface area contributed by atoms with Crippen molar-refractivity contribution < 1.29 is 8.94 Å². The van der Waals surface area contributed by atoms with Crippen LogP contribution in [0.3, 0.4) is 0 Å². The van der Waals surface area contributed by atoms with Gasteiger partial charge in [-0.05, 0) is 18.2 Å². The van der Waals surface area contributed by atoms with Gasteiger partial charge in [0.2, 0.25) is 11.7 Å². The molecule has 0 saturated carbocycles. The molecule has 0 spiro atoms. The Balaban J connectivity index is 1.58. The Hall–Kier alpha value is -2.76. The Labute approximate surface area is 127 Å². The molecule has 22 heavy (non-hydrogen) atoms. The summed E-state index contributed by atoms with van der Waals surface area (Å²) in [7, 11) is 2.11. The molecule has 6 nitrogen and oxygen atoms in total. The van der Waals surface area contributed by atoms with Gasteiger partial charge in [-0.1, -0.05) is 17.3 Å². The van der Waals surface area contributed by atoms with E-state index in [-0.39, 0.29) is 0 Å². The zero-order chi connectivity index (χ0) is 14.9. The van der Waals surface area contributed by atoms with Crippen LogP contribution in [0.4, 0.5) is 11.4 Å².